The topological polar surface area (TPSA) is 12.0 Å². The van der Waals surface area contributed by atoms with Gasteiger partial charge in [0.25, 0.3) is 0 Å². The van der Waals surface area contributed by atoms with Crippen molar-refractivity contribution in [3.8, 4) is 0 Å². The summed E-state index contributed by atoms with van der Waals surface area (Å²) >= 11 is 5.98. The van der Waals surface area contributed by atoms with E-state index in [1.165, 1.54) is 32.1 Å². The minimum absolute atomic E-state index is 0.243. The van der Waals surface area contributed by atoms with Crippen LogP contribution < -0.4 is 5.32 Å². The number of rotatable bonds is 3. The van der Waals surface area contributed by atoms with Gasteiger partial charge in [0, 0.05) is 17.5 Å². The Morgan fingerprint density at radius 3 is 2.25 bits per heavy atom. The summed E-state index contributed by atoms with van der Waals surface area (Å²) in [4.78, 5) is 0. The summed E-state index contributed by atoms with van der Waals surface area (Å²) in [6, 6.07) is 1.18. The highest BCUT2D eigenvalue weighted by molar-refractivity contribution is 6.20. The molecule has 0 aliphatic heterocycles. The fourth-order valence-electron chi connectivity index (χ4n) is 1.77. The molecule has 0 aromatic heterocycles. The maximum Gasteiger partial charge on any atom is 0.0458 e. The Morgan fingerprint density at radius 2 is 1.75 bits per heavy atom. The molecule has 1 N–H and O–H groups in total. The van der Waals surface area contributed by atoms with Gasteiger partial charge in [0.15, 0.2) is 0 Å². The molecule has 0 saturated heterocycles. The smallest absolute Gasteiger partial charge is 0.0458 e. The third kappa shape index (κ3) is 3.32. The van der Waals surface area contributed by atoms with Gasteiger partial charge in [0.1, 0.15) is 0 Å². The zero-order valence-corrected chi connectivity index (χ0v) is 8.90. The zero-order chi connectivity index (χ0) is 8.97. The van der Waals surface area contributed by atoms with E-state index in [1.54, 1.807) is 0 Å². The first-order valence-electron chi connectivity index (χ1n) is 5.10. The number of alkyl halides is 1. The minimum atomic E-state index is 0.243. The van der Waals surface area contributed by atoms with Crippen molar-refractivity contribution in [1.82, 2.24) is 5.32 Å². The SMILES string of the molecule is CC(Cl)C(C)NC1CCCCC1. The van der Waals surface area contributed by atoms with Crippen LogP contribution in [0, 0.1) is 0 Å². The van der Waals surface area contributed by atoms with Gasteiger partial charge in [-0.05, 0) is 26.7 Å². The Kier molecular flexibility index (Phi) is 4.38. The summed E-state index contributed by atoms with van der Waals surface area (Å²) in [6.45, 7) is 4.23. The summed E-state index contributed by atoms with van der Waals surface area (Å²) in [5, 5.41) is 3.83. The van der Waals surface area contributed by atoms with Crippen molar-refractivity contribution in [2.75, 3.05) is 0 Å². The molecule has 72 valence electrons. The molecule has 1 rings (SSSR count). The number of hydrogen-bond acceptors (Lipinski definition) is 1. The molecule has 2 unspecified atom stereocenters. The van der Waals surface area contributed by atoms with Crippen molar-refractivity contribution in [1.29, 1.82) is 0 Å². The Hall–Kier alpha value is 0.250. The van der Waals surface area contributed by atoms with Gasteiger partial charge in [-0.3, -0.25) is 0 Å². The first-order chi connectivity index (χ1) is 5.70. The van der Waals surface area contributed by atoms with Crippen LogP contribution in [-0.4, -0.2) is 17.5 Å². The average Bonchev–Trinajstić information content (AvgIpc) is 2.06. The first kappa shape index (κ1) is 10.3. The van der Waals surface area contributed by atoms with Gasteiger partial charge in [0.2, 0.25) is 0 Å². The third-order valence-electron chi connectivity index (χ3n) is 2.79. The fraction of sp³-hybridized carbons (Fsp3) is 1.00. The van der Waals surface area contributed by atoms with E-state index in [4.69, 9.17) is 11.6 Å². The van der Waals surface area contributed by atoms with Crippen molar-refractivity contribution >= 4 is 11.6 Å². The molecule has 0 spiro atoms. The van der Waals surface area contributed by atoms with E-state index in [2.05, 4.69) is 19.2 Å². The Balaban J connectivity index is 2.20. The Labute approximate surface area is 80.9 Å². The van der Waals surface area contributed by atoms with Crippen LogP contribution in [0.2, 0.25) is 0 Å². The molecule has 0 aromatic carbocycles. The van der Waals surface area contributed by atoms with Gasteiger partial charge in [-0.15, -0.1) is 11.6 Å². The van der Waals surface area contributed by atoms with Crippen molar-refractivity contribution in [2.45, 2.75) is 63.4 Å². The molecule has 1 saturated carbocycles. The van der Waals surface area contributed by atoms with E-state index in [0.717, 1.165) is 6.04 Å². The predicted molar refractivity (Wildman–Crippen MR) is 54.8 cm³/mol. The Morgan fingerprint density at radius 1 is 1.17 bits per heavy atom. The Bertz CT molecular complexity index is 119. The largest absolute Gasteiger partial charge is 0.310 e. The molecule has 0 bridgehead atoms. The molecule has 0 heterocycles. The summed E-state index contributed by atoms with van der Waals surface area (Å²) in [5.74, 6) is 0. The second-order valence-electron chi connectivity index (χ2n) is 3.97. The van der Waals surface area contributed by atoms with Crippen LogP contribution in [0.25, 0.3) is 0 Å². The second-order valence-corrected chi connectivity index (χ2v) is 4.66. The van der Waals surface area contributed by atoms with E-state index in [0.29, 0.717) is 6.04 Å². The number of hydrogen-bond donors (Lipinski definition) is 1. The second kappa shape index (κ2) is 5.08. The van der Waals surface area contributed by atoms with Crippen LogP contribution in [0.1, 0.15) is 46.0 Å². The lowest BCUT2D eigenvalue weighted by atomic mass is 9.95. The zero-order valence-electron chi connectivity index (χ0n) is 8.15. The van der Waals surface area contributed by atoms with E-state index in [1.807, 2.05) is 0 Å². The molecule has 2 heteroatoms. The molecule has 1 aliphatic rings. The monoisotopic (exact) mass is 189 g/mol. The van der Waals surface area contributed by atoms with E-state index >= 15 is 0 Å². The van der Waals surface area contributed by atoms with Crippen molar-refractivity contribution < 1.29 is 0 Å². The van der Waals surface area contributed by atoms with Gasteiger partial charge in [-0.1, -0.05) is 19.3 Å². The van der Waals surface area contributed by atoms with Crippen LogP contribution in [0.15, 0.2) is 0 Å². The predicted octanol–water partition coefficient (Wildman–Crippen LogP) is 2.92. The molecule has 1 aliphatic carbocycles. The van der Waals surface area contributed by atoms with Crippen LogP contribution in [0.5, 0.6) is 0 Å². The summed E-state index contributed by atoms with van der Waals surface area (Å²) in [5.41, 5.74) is 0. The van der Waals surface area contributed by atoms with Gasteiger partial charge < -0.3 is 5.32 Å². The molecule has 1 nitrogen and oxygen atoms in total. The number of nitrogens with one attached hydrogen (secondary N) is 1. The molecule has 1 fully saturated rings. The van der Waals surface area contributed by atoms with Gasteiger partial charge >= 0.3 is 0 Å². The lowest BCUT2D eigenvalue weighted by Crippen LogP contribution is -2.41. The van der Waals surface area contributed by atoms with Crippen LogP contribution >= 0.6 is 11.6 Å². The minimum Gasteiger partial charge on any atom is -0.310 e. The van der Waals surface area contributed by atoms with Crippen LogP contribution in [-0.2, 0) is 0 Å². The van der Waals surface area contributed by atoms with Crippen LogP contribution in [0.4, 0.5) is 0 Å². The molecular weight excluding hydrogens is 170 g/mol. The maximum absolute atomic E-state index is 5.98. The molecule has 0 amide bonds. The van der Waals surface area contributed by atoms with E-state index in [-0.39, 0.29) is 5.38 Å². The normalized spacial score (nSPS) is 25.2. The lowest BCUT2D eigenvalue weighted by molar-refractivity contribution is 0.342. The lowest BCUT2D eigenvalue weighted by Gasteiger charge is -2.27. The number of halogens is 1. The molecule has 0 radical (unpaired) electrons. The summed E-state index contributed by atoms with van der Waals surface area (Å²) in [6.07, 6.45) is 6.88. The molecule has 12 heavy (non-hydrogen) atoms. The quantitative estimate of drug-likeness (QED) is 0.674. The van der Waals surface area contributed by atoms with Gasteiger partial charge in [0.05, 0.1) is 0 Å². The fourth-order valence-corrected chi connectivity index (χ4v) is 1.85. The molecule has 2 atom stereocenters. The summed E-state index contributed by atoms with van der Waals surface area (Å²) < 4.78 is 0. The first-order valence-corrected chi connectivity index (χ1v) is 5.54. The standard InChI is InChI=1S/C10H20ClN/c1-8(11)9(2)12-10-6-4-3-5-7-10/h8-10,12H,3-7H2,1-2H3. The maximum atomic E-state index is 5.98. The van der Waals surface area contributed by atoms with Gasteiger partial charge in [-0.25, -0.2) is 0 Å². The summed E-state index contributed by atoms with van der Waals surface area (Å²) in [7, 11) is 0. The molecular formula is C10H20ClN. The average molecular weight is 190 g/mol. The van der Waals surface area contributed by atoms with Crippen molar-refractivity contribution in [2.24, 2.45) is 0 Å². The highest BCUT2D eigenvalue weighted by atomic mass is 35.5. The third-order valence-corrected chi connectivity index (χ3v) is 3.17. The van der Waals surface area contributed by atoms with Gasteiger partial charge in [-0.2, -0.15) is 0 Å². The van der Waals surface area contributed by atoms with Crippen molar-refractivity contribution in [3.63, 3.8) is 0 Å². The highest BCUT2D eigenvalue weighted by Gasteiger charge is 2.17. The molecule has 0 aromatic rings. The van der Waals surface area contributed by atoms with Crippen molar-refractivity contribution in [3.05, 3.63) is 0 Å². The van der Waals surface area contributed by atoms with E-state index in [9.17, 15) is 0 Å². The van der Waals surface area contributed by atoms with E-state index < -0.39 is 0 Å². The highest BCUT2D eigenvalue weighted by Crippen LogP contribution is 2.18. The van der Waals surface area contributed by atoms with Crippen LogP contribution in [0.3, 0.4) is 0 Å².